The van der Waals surface area contributed by atoms with Gasteiger partial charge in [0.15, 0.2) is 0 Å². The third-order valence-corrected chi connectivity index (χ3v) is 6.67. The predicted octanol–water partition coefficient (Wildman–Crippen LogP) is 8.13. The molecule has 0 aliphatic heterocycles. The molecular weight excluding hydrogens is 498 g/mol. The van der Waals surface area contributed by atoms with E-state index in [2.05, 4.69) is 25.1 Å². The van der Waals surface area contributed by atoms with Crippen LogP contribution in [-0.4, -0.2) is 28.9 Å². The second-order valence-electron chi connectivity index (χ2n) is 9.26. The van der Waals surface area contributed by atoms with Crippen molar-refractivity contribution in [2.24, 2.45) is 0 Å². The largest absolute Gasteiger partial charge is 0.494 e. The Morgan fingerprint density at radius 2 is 1.68 bits per heavy atom. The van der Waals surface area contributed by atoms with Crippen LogP contribution in [0.2, 0.25) is 5.02 Å². The van der Waals surface area contributed by atoms with Gasteiger partial charge in [0.25, 0.3) is 0 Å². The van der Waals surface area contributed by atoms with Crippen LogP contribution in [-0.2, 0) is 17.8 Å². The van der Waals surface area contributed by atoms with Gasteiger partial charge in [0.05, 0.1) is 23.8 Å². The molecule has 1 heterocycles. The Balaban J connectivity index is 1.34. The van der Waals surface area contributed by atoms with Gasteiger partial charge in [-0.25, -0.2) is 0 Å². The van der Waals surface area contributed by atoms with E-state index < -0.39 is 5.97 Å². The molecule has 0 amide bonds. The second kappa shape index (κ2) is 13.7. The van der Waals surface area contributed by atoms with E-state index in [4.69, 9.17) is 21.1 Å². The van der Waals surface area contributed by atoms with Crippen molar-refractivity contribution >= 4 is 40.6 Å². The third kappa shape index (κ3) is 7.42. The average Bonchev–Trinajstić information content (AvgIpc) is 3.27. The maximum atomic E-state index is 11.5. The van der Waals surface area contributed by atoms with Gasteiger partial charge in [0, 0.05) is 11.6 Å². The normalized spacial score (nSPS) is 11.3. The highest BCUT2D eigenvalue weighted by molar-refractivity contribution is 6.32. The molecule has 1 aromatic heterocycles. The fourth-order valence-electron chi connectivity index (χ4n) is 4.43. The molecule has 0 bridgehead atoms. The number of halogens is 1. The summed E-state index contributed by atoms with van der Waals surface area (Å²) in [7, 11) is 0. The molecule has 0 atom stereocenters. The van der Waals surface area contributed by atoms with Gasteiger partial charge in [-0.05, 0) is 66.6 Å². The van der Waals surface area contributed by atoms with E-state index in [-0.39, 0.29) is 6.54 Å². The highest BCUT2D eigenvalue weighted by Gasteiger charge is 2.13. The van der Waals surface area contributed by atoms with Gasteiger partial charge < -0.3 is 19.1 Å². The molecule has 0 saturated carbocycles. The van der Waals surface area contributed by atoms with Gasteiger partial charge in [0.2, 0.25) is 0 Å². The lowest BCUT2D eigenvalue weighted by Crippen LogP contribution is -2.07. The number of carboxylic acids is 1. The van der Waals surface area contributed by atoms with Crippen molar-refractivity contribution in [1.29, 1.82) is 0 Å². The van der Waals surface area contributed by atoms with Crippen molar-refractivity contribution in [3.8, 4) is 11.5 Å². The topological polar surface area (TPSA) is 60.7 Å². The molecule has 4 rings (SSSR count). The lowest BCUT2D eigenvalue weighted by molar-refractivity contribution is -0.137. The summed E-state index contributed by atoms with van der Waals surface area (Å²) >= 11 is 6.11. The summed E-state index contributed by atoms with van der Waals surface area (Å²) in [6.45, 7) is 3.33. The number of nitrogens with zero attached hydrogens (tertiary/aromatic N) is 1. The molecule has 4 aromatic rings. The number of hydrogen-bond acceptors (Lipinski definition) is 3. The lowest BCUT2D eigenvalue weighted by atomic mass is 10.0. The highest BCUT2D eigenvalue weighted by atomic mass is 35.5. The monoisotopic (exact) mass is 531 g/mol. The summed E-state index contributed by atoms with van der Waals surface area (Å²) in [5.41, 5.74) is 4.22. The number of carboxylic acid groups (broad SMARTS) is 1. The molecule has 38 heavy (non-hydrogen) atoms. The number of benzene rings is 3. The minimum Gasteiger partial charge on any atom is -0.494 e. The zero-order valence-electron chi connectivity index (χ0n) is 21.7. The van der Waals surface area contributed by atoms with Crippen LogP contribution in [0.1, 0.15) is 49.3 Å². The molecule has 0 aliphatic carbocycles. The van der Waals surface area contributed by atoms with E-state index in [9.17, 15) is 9.90 Å². The van der Waals surface area contributed by atoms with Gasteiger partial charge in [-0.1, -0.05) is 79.6 Å². The van der Waals surface area contributed by atoms with Crippen LogP contribution in [0.3, 0.4) is 0 Å². The average molecular weight is 532 g/mol. The van der Waals surface area contributed by atoms with Crippen molar-refractivity contribution in [3.63, 3.8) is 0 Å². The molecule has 0 unspecified atom stereocenters. The molecule has 1 N–H and O–H groups in total. The third-order valence-electron chi connectivity index (χ3n) is 6.35. The summed E-state index contributed by atoms with van der Waals surface area (Å²) in [4.78, 5) is 11.5. The van der Waals surface area contributed by atoms with E-state index in [1.807, 2.05) is 71.4 Å². The molecule has 0 saturated heterocycles. The number of unbranched alkanes of at least 4 members (excludes halogenated alkanes) is 2. The molecule has 0 aliphatic rings. The van der Waals surface area contributed by atoms with Crippen LogP contribution in [0.4, 0.5) is 0 Å². The number of carbonyl (C=O) groups is 1. The molecule has 0 fully saturated rings. The first-order valence-electron chi connectivity index (χ1n) is 13.2. The fraction of sp³-hybridized carbons (Fsp3) is 0.281. The first-order chi connectivity index (χ1) is 18.5. The van der Waals surface area contributed by atoms with Crippen LogP contribution in [0.15, 0.2) is 72.9 Å². The number of rotatable bonds is 14. The number of aliphatic carboxylic acids is 1. The van der Waals surface area contributed by atoms with Gasteiger partial charge in [0.1, 0.15) is 18.0 Å². The zero-order chi connectivity index (χ0) is 26.7. The number of aromatic nitrogens is 1. The fourth-order valence-corrected chi connectivity index (χ4v) is 4.62. The van der Waals surface area contributed by atoms with Crippen LogP contribution in [0.25, 0.3) is 23.1 Å². The lowest BCUT2D eigenvalue weighted by Gasteiger charge is -2.09. The molecule has 0 spiro atoms. The Kier molecular flexibility index (Phi) is 9.88. The Morgan fingerprint density at radius 1 is 0.921 bits per heavy atom. The standard InChI is InChI=1S/C32H34ClNO4/c1-2-3-9-26-22-34(23-31(35)36)32-25(10-8-11-28(26)32)17-14-24-15-18-27(19-16-24)37-20-6-7-21-38-30-13-5-4-12-29(30)33/h4-5,8,10-19,22H,2-3,6-7,9,20-21,23H2,1H3,(H,35,36)/b17-14+. The number of fused-ring (bicyclic) bond motifs is 1. The Bertz CT molecular complexity index is 1370. The van der Waals surface area contributed by atoms with Gasteiger partial charge >= 0.3 is 5.97 Å². The summed E-state index contributed by atoms with van der Waals surface area (Å²) < 4.78 is 13.5. The molecular formula is C32H34ClNO4. The Morgan fingerprint density at radius 3 is 2.42 bits per heavy atom. The summed E-state index contributed by atoms with van der Waals surface area (Å²) in [5, 5.41) is 11.2. The Hall–Kier alpha value is -3.70. The van der Waals surface area contributed by atoms with Crippen LogP contribution < -0.4 is 9.47 Å². The Labute approximate surface area is 229 Å². The second-order valence-corrected chi connectivity index (χ2v) is 9.67. The zero-order valence-corrected chi connectivity index (χ0v) is 22.5. The van der Waals surface area contributed by atoms with E-state index in [1.54, 1.807) is 0 Å². The van der Waals surface area contributed by atoms with Crippen molar-refractivity contribution in [3.05, 3.63) is 94.6 Å². The van der Waals surface area contributed by atoms with Crippen LogP contribution in [0, 0.1) is 0 Å². The van der Waals surface area contributed by atoms with E-state index in [1.165, 1.54) is 5.56 Å². The smallest absolute Gasteiger partial charge is 0.323 e. The van der Waals surface area contributed by atoms with E-state index in [0.29, 0.717) is 24.0 Å². The quantitative estimate of drug-likeness (QED) is 0.132. The summed E-state index contributed by atoms with van der Waals surface area (Å²) in [6, 6.07) is 21.6. The molecule has 3 aromatic carbocycles. The van der Waals surface area contributed by atoms with Crippen LogP contribution in [0.5, 0.6) is 11.5 Å². The molecule has 5 nitrogen and oxygen atoms in total. The molecule has 6 heteroatoms. The van der Waals surface area contributed by atoms with Crippen LogP contribution >= 0.6 is 11.6 Å². The van der Waals surface area contributed by atoms with E-state index in [0.717, 1.165) is 59.9 Å². The minimum atomic E-state index is -0.841. The number of aryl methyl sites for hydroxylation is 1. The van der Waals surface area contributed by atoms with Crippen molar-refractivity contribution in [1.82, 2.24) is 4.57 Å². The number of hydrogen-bond donors (Lipinski definition) is 1. The predicted molar refractivity (Wildman–Crippen MR) is 155 cm³/mol. The van der Waals surface area contributed by atoms with Crippen molar-refractivity contribution in [2.45, 2.75) is 45.6 Å². The van der Waals surface area contributed by atoms with Crippen molar-refractivity contribution < 1.29 is 19.4 Å². The number of para-hydroxylation sites is 2. The number of ether oxygens (including phenoxy) is 2. The summed E-state index contributed by atoms with van der Waals surface area (Å²) in [5.74, 6) is 0.695. The van der Waals surface area contributed by atoms with Gasteiger partial charge in [-0.15, -0.1) is 0 Å². The minimum absolute atomic E-state index is 0.0500. The first-order valence-corrected chi connectivity index (χ1v) is 13.5. The molecule has 0 radical (unpaired) electrons. The van der Waals surface area contributed by atoms with E-state index >= 15 is 0 Å². The summed E-state index contributed by atoms with van der Waals surface area (Å²) in [6.07, 6.45) is 11.0. The first kappa shape index (κ1) is 27.3. The highest BCUT2D eigenvalue weighted by Crippen LogP contribution is 2.28. The van der Waals surface area contributed by atoms with Gasteiger partial charge in [-0.2, -0.15) is 0 Å². The SMILES string of the molecule is CCCCc1cn(CC(=O)O)c2c(/C=C/c3ccc(OCCCCOc4ccccc4Cl)cc3)cccc12. The molecule has 198 valence electrons. The maximum absolute atomic E-state index is 11.5. The van der Waals surface area contributed by atoms with Crippen molar-refractivity contribution in [2.75, 3.05) is 13.2 Å². The van der Waals surface area contributed by atoms with Gasteiger partial charge in [-0.3, -0.25) is 4.79 Å². The maximum Gasteiger partial charge on any atom is 0.323 e.